The van der Waals surface area contributed by atoms with Gasteiger partial charge in [-0.2, -0.15) is 5.10 Å². The van der Waals surface area contributed by atoms with Gasteiger partial charge in [-0.05, 0) is 18.6 Å². The van der Waals surface area contributed by atoms with Gasteiger partial charge in [-0.3, -0.25) is 19.6 Å². The van der Waals surface area contributed by atoms with Crippen molar-refractivity contribution in [3.05, 3.63) is 112 Å². The fraction of sp³-hybridized carbons (Fsp3) is 0.0833. The topological polar surface area (TPSA) is 90.1 Å². The van der Waals surface area contributed by atoms with Gasteiger partial charge in [0.15, 0.2) is 0 Å². The van der Waals surface area contributed by atoms with Crippen molar-refractivity contribution in [1.82, 2.24) is 9.78 Å². The van der Waals surface area contributed by atoms with Gasteiger partial charge < -0.3 is 5.32 Å². The maximum absolute atomic E-state index is 13.1. The molecule has 0 unspecified atom stereocenters. The molecule has 0 saturated carbocycles. The molecule has 4 aromatic rings. The number of hydrogen-bond acceptors (Lipinski definition) is 4. The highest BCUT2D eigenvalue weighted by atomic mass is 16.6. The summed E-state index contributed by atoms with van der Waals surface area (Å²) in [6.45, 7) is 2.51. The Morgan fingerprint density at radius 3 is 2.48 bits per heavy atom. The summed E-state index contributed by atoms with van der Waals surface area (Å²) in [5.41, 5.74) is 4.20. The lowest BCUT2D eigenvalue weighted by Gasteiger charge is -2.06. The molecule has 0 aliphatic carbocycles. The van der Waals surface area contributed by atoms with Gasteiger partial charge >= 0.3 is 0 Å². The van der Waals surface area contributed by atoms with Gasteiger partial charge in [-0.1, -0.05) is 66.2 Å². The molecule has 1 N–H and O–H groups in total. The quantitative estimate of drug-likeness (QED) is 0.354. The molecule has 31 heavy (non-hydrogen) atoms. The van der Waals surface area contributed by atoms with Gasteiger partial charge in [-0.25, -0.2) is 0 Å². The fourth-order valence-corrected chi connectivity index (χ4v) is 3.26. The summed E-state index contributed by atoms with van der Waals surface area (Å²) in [6.07, 6.45) is 1.70. The summed E-state index contributed by atoms with van der Waals surface area (Å²) in [4.78, 5) is 23.6. The molecule has 0 bridgehead atoms. The van der Waals surface area contributed by atoms with Crippen molar-refractivity contribution in [3.63, 3.8) is 0 Å². The molecule has 0 spiro atoms. The highest BCUT2D eigenvalue weighted by Crippen LogP contribution is 2.25. The largest absolute Gasteiger partial charge is 0.322 e. The van der Waals surface area contributed by atoms with Crippen LogP contribution in [0.2, 0.25) is 0 Å². The summed E-state index contributed by atoms with van der Waals surface area (Å²) >= 11 is 0. The molecule has 154 valence electrons. The first-order valence-electron chi connectivity index (χ1n) is 9.74. The number of carbonyl (C=O) groups excluding carboxylic acids is 1. The van der Waals surface area contributed by atoms with Crippen LogP contribution in [0.1, 0.15) is 21.5 Å². The van der Waals surface area contributed by atoms with E-state index in [4.69, 9.17) is 0 Å². The van der Waals surface area contributed by atoms with Crippen LogP contribution in [-0.4, -0.2) is 20.6 Å². The molecule has 0 fully saturated rings. The van der Waals surface area contributed by atoms with Crippen LogP contribution in [0.15, 0.2) is 85.1 Å². The van der Waals surface area contributed by atoms with Gasteiger partial charge in [-0.15, -0.1) is 0 Å². The van der Waals surface area contributed by atoms with Crippen LogP contribution in [0.5, 0.6) is 0 Å². The summed E-state index contributed by atoms with van der Waals surface area (Å²) in [6, 6.07) is 23.5. The molecule has 0 saturated heterocycles. The molecule has 0 aliphatic heterocycles. The number of benzene rings is 3. The number of hydrogen-bond donors (Lipinski definition) is 1. The smallest absolute Gasteiger partial charge is 0.271 e. The third kappa shape index (κ3) is 4.67. The van der Waals surface area contributed by atoms with Crippen molar-refractivity contribution < 1.29 is 9.72 Å². The Bertz CT molecular complexity index is 1230. The number of carbonyl (C=O) groups is 1. The van der Waals surface area contributed by atoms with E-state index < -0.39 is 4.92 Å². The number of amides is 1. The number of nitro benzene ring substituents is 1. The predicted octanol–water partition coefficient (Wildman–Crippen LogP) is 5.07. The zero-order chi connectivity index (χ0) is 21.8. The SMILES string of the molecule is Cc1ccc(-c2nn(Cc3ccccc3)cc2C(=O)Nc2cccc([N+](=O)[O-])c2)cc1. The van der Waals surface area contributed by atoms with Crippen LogP contribution in [0.3, 0.4) is 0 Å². The first-order valence-corrected chi connectivity index (χ1v) is 9.74. The Kier molecular flexibility index (Phi) is 5.57. The Morgan fingerprint density at radius 2 is 1.77 bits per heavy atom. The summed E-state index contributed by atoms with van der Waals surface area (Å²) in [5, 5.41) is 18.4. The summed E-state index contributed by atoms with van der Waals surface area (Å²) in [5.74, 6) is -0.379. The number of aryl methyl sites for hydroxylation is 1. The van der Waals surface area contributed by atoms with Crippen LogP contribution in [0.4, 0.5) is 11.4 Å². The van der Waals surface area contributed by atoms with Crippen molar-refractivity contribution in [2.75, 3.05) is 5.32 Å². The maximum Gasteiger partial charge on any atom is 0.271 e. The second-order valence-electron chi connectivity index (χ2n) is 7.20. The van der Waals surface area contributed by atoms with E-state index in [1.807, 2.05) is 61.5 Å². The lowest BCUT2D eigenvalue weighted by Crippen LogP contribution is -2.12. The van der Waals surface area contributed by atoms with E-state index in [1.54, 1.807) is 16.9 Å². The highest BCUT2D eigenvalue weighted by molar-refractivity contribution is 6.08. The number of nitrogens with zero attached hydrogens (tertiary/aromatic N) is 3. The molecular formula is C24H20N4O3. The van der Waals surface area contributed by atoms with Crippen LogP contribution in [0.25, 0.3) is 11.3 Å². The van der Waals surface area contributed by atoms with Gasteiger partial charge in [0.05, 0.1) is 17.0 Å². The van der Waals surface area contributed by atoms with E-state index in [2.05, 4.69) is 10.4 Å². The average Bonchev–Trinajstić information content (AvgIpc) is 3.19. The van der Waals surface area contributed by atoms with E-state index in [0.29, 0.717) is 23.5 Å². The van der Waals surface area contributed by atoms with E-state index in [1.165, 1.54) is 18.2 Å². The number of aromatic nitrogens is 2. The minimum atomic E-state index is -0.495. The minimum Gasteiger partial charge on any atom is -0.322 e. The van der Waals surface area contributed by atoms with E-state index in [-0.39, 0.29) is 11.6 Å². The zero-order valence-electron chi connectivity index (χ0n) is 16.9. The number of rotatable bonds is 6. The maximum atomic E-state index is 13.1. The number of non-ortho nitro benzene ring substituents is 1. The molecule has 1 heterocycles. The summed E-state index contributed by atoms with van der Waals surface area (Å²) in [7, 11) is 0. The number of nitro groups is 1. The second kappa shape index (κ2) is 8.62. The zero-order valence-corrected chi connectivity index (χ0v) is 16.9. The first-order chi connectivity index (χ1) is 15.0. The molecule has 7 heteroatoms. The van der Waals surface area contributed by atoms with Crippen molar-refractivity contribution in [2.24, 2.45) is 0 Å². The van der Waals surface area contributed by atoms with Crippen molar-refractivity contribution in [3.8, 4) is 11.3 Å². The van der Waals surface area contributed by atoms with Crippen LogP contribution in [-0.2, 0) is 6.54 Å². The van der Waals surface area contributed by atoms with Crippen LogP contribution < -0.4 is 5.32 Å². The van der Waals surface area contributed by atoms with Crippen molar-refractivity contribution in [2.45, 2.75) is 13.5 Å². The van der Waals surface area contributed by atoms with E-state index >= 15 is 0 Å². The molecule has 7 nitrogen and oxygen atoms in total. The Morgan fingerprint density at radius 1 is 1.03 bits per heavy atom. The first kappa shape index (κ1) is 20.0. The fourth-order valence-electron chi connectivity index (χ4n) is 3.26. The van der Waals surface area contributed by atoms with Gasteiger partial charge in [0.1, 0.15) is 5.69 Å². The van der Waals surface area contributed by atoms with Gasteiger partial charge in [0, 0.05) is 29.6 Å². The molecular weight excluding hydrogens is 392 g/mol. The predicted molar refractivity (Wildman–Crippen MR) is 119 cm³/mol. The molecule has 0 radical (unpaired) electrons. The van der Waals surface area contributed by atoms with Crippen molar-refractivity contribution >= 4 is 17.3 Å². The monoisotopic (exact) mass is 412 g/mol. The lowest BCUT2D eigenvalue weighted by atomic mass is 10.1. The Hall–Kier alpha value is -4.26. The molecule has 0 aliphatic rings. The molecule has 1 aromatic heterocycles. The lowest BCUT2D eigenvalue weighted by molar-refractivity contribution is -0.384. The summed E-state index contributed by atoms with van der Waals surface area (Å²) < 4.78 is 1.73. The Labute approximate surface area is 179 Å². The molecule has 3 aromatic carbocycles. The van der Waals surface area contributed by atoms with Crippen molar-refractivity contribution in [1.29, 1.82) is 0 Å². The standard InChI is InChI=1S/C24H20N4O3/c1-17-10-12-19(13-11-17)23-22(16-27(26-23)15-18-6-3-2-4-7-18)24(29)25-20-8-5-9-21(14-20)28(30)31/h2-14,16H,15H2,1H3,(H,25,29). The number of nitrogens with one attached hydrogen (secondary N) is 1. The minimum absolute atomic E-state index is 0.0867. The van der Waals surface area contributed by atoms with E-state index in [0.717, 1.165) is 16.7 Å². The van der Waals surface area contributed by atoms with E-state index in [9.17, 15) is 14.9 Å². The van der Waals surface area contributed by atoms with Crippen LogP contribution >= 0.6 is 0 Å². The molecule has 0 atom stereocenters. The molecule has 1 amide bonds. The normalized spacial score (nSPS) is 10.6. The second-order valence-corrected chi connectivity index (χ2v) is 7.20. The number of anilines is 1. The third-order valence-electron chi connectivity index (χ3n) is 4.83. The average molecular weight is 412 g/mol. The van der Waals surface area contributed by atoms with Gasteiger partial charge in [0.25, 0.3) is 11.6 Å². The highest BCUT2D eigenvalue weighted by Gasteiger charge is 2.19. The van der Waals surface area contributed by atoms with Gasteiger partial charge in [0.2, 0.25) is 0 Å². The Balaban J connectivity index is 1.68. The van der Waals surface area contributed by atoms with Crippen LogP contribution in [0, 0.1) is 17.0 Å². The third-order valence-corrected chi connectivity index (χ3v) is 4.83. The molecule has 4 rings (SSSR count).